The van der Waals surface area contributed by atoms with E-state index in [1.165, 1.54) is 12.1 Å². The third-order valence-electron chi connectivity index (χ3n) is 4.41. The molecule has 1 aliphatic rings. The smallest absolute Gasteiger partial charge is 0.320 e. The molecule has 3 rings (SSSR count). The summed E-state index contributed by atoms with van der Waals surface area (Å²) >= 11 is 0. The van der Waals surface area contributed by atoms with Gasteiger partial charge in [0.2, 0.25) is 0 Å². The number of carbonyl (C=O) groups excluding carboxylic acids is 1. The van der Waals surface area contributed by atoms with Crippen molar-refractivity contribution in [3.05, 3.63) is 41.8 Å². The summed E-state index contributed by atoms with van der Waals surface area (Å²) < 4.78 is 14.7. The van der Waals surface area contributed by atoms with E-state index < -0.39 is 11.6 Å². The molecule has 128 valence electrons. The number of hydrogen-bond donors (Lipinski definition) is 3. The molecule has 2 amide bonds. The Bertz CT molecular complexity index is 740. The van der Waals surface area contributed by atoms with Gasteiger partial charge in [0.25, 0.3) is 0 Å². The Balaban J connectivity index is 1.71. The highest BCUT2D eigenvalue weighted by atomic mass is 19.1. The molecule has 7 heteroatoms. The maximum absolute atomic E-state index is 13.0. The van der Waals surface area contributed by atoms with Crippen molar-refractivity contribution in [3.8, 4) is 5.69 Å². The number of amides is 2. The number of nitrogens with one attached hydrogen (secondary N) is 2. The maximum atomic E-state index is 13.0. The molecular weight excluding hydrogens is 311 g/mol. The minimum absolute atomic E-state index is 0.103. The number of aryl methyl sites for hydroxylation is 1. The van der Waals surface area contributed by atoms with E-state index in [1.54, 1.807) is 22.9 Å². The van der Waals surface area contributed by atoms with E-state index in [-0.39, 0.29) is 12.4 Å². The third kappa shape index (κ3) is 3.41. The number of aromatic nitrogens is 2. The summed E-state index contributed by atoms with van der Waals surface area (Å²) in [7, 11) is 0. The Morgan fingerprint density at radius 2 is 2.08 bits per heavy atom. The van der Waals surface area contributed by atoms with Crippen LogP contribution < -0.4 is 10.6 Å². The van der Waals surface area contributed by atoms with Gasteiger partial charge in [0.1, 0.15) is 5.82 Å². The molecule has 0 bridgehead atoms. The quantitative estimate of drug-likeness (QED) is 0.787. The lowest BCUT2D eigenvalue weighted by molar-refractivity contribution is 0.159. The van der Waals surface area contributed by atoms with Crippen LogP contribution in [0.2, 0.25) is 0 Å². The van der Waals surface area contributed by atoms with Crippen LogP contribution in [0.15, 0.2) is 30.3 Å². The van der Waals surface area contributed by atoms with E-state index in [1.807, 2.05) is 13.8 Å². The first-order chi connectivity index (χ1) is 11.4. The lowest BCUT2D eigenvalue weighted by atomic mass is 9.97. The second kappa shape index (κ2) is 6.24. The molecule has 1 saturated carbocycles. The SMILES string of the molecule is Cc1cc(NC(=O)NC(C)(CO)C2CC2)nn1-c1ccc(F)cc1. The Morgan fingerprint density at radius 1 is 1.42 bits per heavy atom. The summed E-state index contributed by atoms with van der Waals surface area (Å²) in [6.45, 7) is 3.59. The van der Waals surface area contributed by atoms with Gasteiger partial charge in [0.15, 0.2) is 5.82 Å². The van der Waals surface area contributed by atoms with Crippen molar-refractivity contribution in [2.75, 3.05) is 11.9 Å². The molecule has 1 fully saturated rings. The van der Waals surface area contributed by atoms with Crippen LogP contribution in [0, 0.1) is 18.7 Å². The van der Waals surface area contributed by atoms with E-state index in [2.05, 4.69) is 15.7 Å². The molecule has 1 atom stereocenters. The largest absolute Gasteiger partial charge is 0.394 e. The van der Waals surface area contributed by atoms with Gasteiger partial charge < -0.3 is 10.4 Å². The van der Waals surface area contributed by atoms with E-state index in [4.69, 9.17) is 0 Å². The van der Waals surface area contributed by atoms with Crippen molar-refractivity contribution in [1.29, 1.82) is 0 Å². The van der Waals surface area contributed by atoms with Crippen LogP contribution in [0.1, 0.15) is 25.5 Å². The van der Waals surface area contributed by atoms with E-state index in [0.717, 1.165) is 18.5 Å². The van der Waals surface area contributed by atoms with Crippen LogP contribution in [0.5, 0.6) is 0 Å². The van der Waals surface area contributed by atoms with Gasteiger partial charge in [-0.05, 0) is 56.9 Å². The zero-order chi connectivity index (χ0) is 17.3. The number of halogens is 1. The van der Waals surface area contributed by atoms with Crippen LogP contribution in [0.4, 0.5) is 15.0 Å². The number of urea groups is 1. The maximum Gasteiger partial charge on any atom is 0.320 e. The lowest BCUT2D eigenvalue weighted by Crippen LogP contribution is -2.52. The first-order valence-corrected chi connectivity index (χ1v) is 7.94. The fraction of sp³-hybridized carbons (Fsp3) is 0.412. The molecule has 2 aromatic rings. The van der Waals surface area contributed by atoms with Crippen molar-refractivity contribution in [2.45, 2.75) is 32.2 Å². The fourth-order valence-corrected chi connectivity index (χ4v) is 2.78. The van der Waals surface area contributed by atoms with Gasteiger partial charge in [-0.2, -0.15) is 0 Å². The number of aliphatic hydroxyl groups is 1. The Kier molecular flexibility index (Phi) is 4.28. The molecule has 24 heavy (non-hydrogen) atoms. The number of benzene rings is 1. The third-order valence-corrected chi connectivity index (χ3v) is 4.41. The monoisotopic (exact) mass is 332 g/mol. The van der Waals surface area contributed by atoms with Gasteiger partial charge in [-0.3, -0.25) is 5.32 Å². The summed E-state index contributed by atoms with van der Waals surface area (Å²) in [4.78, 5) is 12.2. The average Bonchev–Trinajstić information content (AvgIpc) is 3.33. The molecule has 1 aromatic heterocycles. The predicted molar refractivity (Wildman–Crippen MR) is 88.6 cm³/mol. The molecule has 0 aliphatic heterocycles. The van der Waals surface area contributed by atoms with Gasteiger partial charge in [-0.15, -0.1) is 5.10 Å². The second-order valence-electron chi connectivity index (χ2n) is 6.49. The zero-order valence-corrected chi connectivity index (χ0v) is 13.7. The molecule has 6 nitrogen and oxygen atoms in total. The van der Waals surface area contributed by atoms with Crippen LogP contribution in [-0.2, 0) is 0 Å². The minimum atomic E-state index is -0.612. The van der Waals surface area contributed by atoms with E-state index in [9.17, 15) is 14.3 Å². The molecule has 0 saturated heterocycles. The highest BCUT2D eigenvalue weighted by Gasteiger charge is 2.42. The Labute approximate surface area is 139 Å². The number of carbonyl (C=O) groups is 1. The van der Waals surface area contributed by atoms with Gasteiger partial charge >= 0.3 is 6.03 Å². The minimum Gasteiger partial charge on any atom is -0.394 e. The number of rotatable bonds is 5. The van der Waals surface area contributed by atoms with Gasteiger partial charge in [-0.25, -0.2) is 13.9 Å². The van der Waals surface area contributed by atoms with Crippen molar-refractivity contribution < 1.29 is 14.3 Å². The van der Waals surface area contributed by atoms with Gasteiger partial charge in [0, 0.05) is 11.8 Å². The molecule has 1 aromatic carbocycles. The molecule has 1 aliphatic carbocycles. The molecule has 1 heterocycles. The second-order valence-corrected chi connectivity index (χ2v) is 6.49. The van der Waals surface area contributed by atoms with Gasteiger partial charge in [0.05, 0.1) is 17.8 Å². The molecule has 0 spiro atoms. The topological polar surface area (TPSA) is 79.2 Å². The Morgan fingerprint density at radius 3 is 2.67 bits per heavy atom. The highest BCUT2D eigenvalue weighted by Crippen LogP contribution is 2.39. The summed E-state index contributed by atoms with van der Waals surface area (Å²) in [5.41, 5.74) is 0.906. The zero-order valence-electron chi connectivity index (χ0n) is 13.7. The number of anilines is 1. The molecule has 1 unspecified atom stereocenters. The normalized spacial score (nSPS) is 16.5. The predicted octanol–water partition coefficient (Wildman–Crippen LogP) is 2.60. The standard InChI is InChI=1S/C17H21FN4O2/c1-11-9-15(21-22(11)14-7-5-13(18)6-8-14)19-16(24)20-17(2,10-23)12-3-4-12/h5-9,12,23H,3-4,10H2,1-2H3,(H2,19,20,21,24). The molecule has 3 N–H and O–H groups in total. The van der Waals surface area contributed by atoms with Crippen LogP contribution in [0.25, 0.3) is 5.69 Å². The molecular formula is C17H21FN4O2. The van der Waals surface area contributed by atoms with Crippen LogP contribution >= 0.6 is 0 Å². The average molecular weight is 332 g/mol. The molecule has 0 radical (unpaired) electrons. The highest BCUT2D eigenvalue weighted by molar-refractivity contribution is 5.88. The lowest BCUT2D eigenvalue weighted by Gasteiger charge is -2.28. The summed E-state index contributed by atoms with van der Waals surface area (Å²) in [5.74, 6) is 0.391. The number of nitrogens with zero attached hydrogens (tertiary/aromatic N) is 2. The van der Waals surface area contributed by atoms with Crippen LogP contribution in [0.3, 0.4) is 0 Å². The van der Waals surface area contributed by atoms with Crippen molar-refractivity contribution in [1.82, 2.24) is 15.1 Å². The number of aliphatic hydroxyl groups excluding tert-OH is 1. The van der Waals surface area contributed by atoms with Gasteiger partial charge in [-0.1, -0.05) is 0 Å². The first-order valence-electron chi connectivity index (χ1n) is 7.94. The summed E-state index contributed by atoms with van der Waals surface area (Å²) in [5, 5.41) is 19.4. The van der Waals surface area contributed by atoms with Crippen LogP contribution in [-0.4, -0.2) is 33.1 Å². The fourth-order valence-electron chi connectivity index (χ4n) is 2.78. The van der Waals surface area contributed by atoms with Crippen molar-refractivity contribution >= 4 is 11.8 Å². The Hall–Kier alpha value is -2.41. The van der Waals surface area contributed by atoms with E-state index >= 15 is 0 Å². The number of hydrogen-bond acceptors (Lipinski definition) is 3. The first kappa shape index (κ1) is 16.4. The summed E-state index contributed by atoms with van der Waals surface area (Å²) in [6.07, 6.45) is 2.02. The van der Waals surface area contributed by atoms with Crippen molar-refractivity contribution in [2.24, 2.45) is 5.92 Å². The summed E-state index contributed by atoms with van der Waals surface area (Å²) in [6, 6.07) is 7.29. The van der Waals surface area contributed by atoms with Crippen molar-refractivity contribution in [3.63, 3.8) is 0 Å². The van der Waals surface area contributed by atoms with E-state index in [0.29, 0.717) is 17.4 Å².